The Morgan fingerprint density at radius 1 is 1.20 bits per heavy atom. The Balaban J connectivity index is 1.61. The Morgan fingerprint density at radius 2 is 1.96 bits per heavy atom. The highest BCUT2D eigenvalue weighted by Crippen LogP contribution is 2.18. The zero-order valence-corrected chi connectivity index (χ0v) is 13.5. The number of rotatable bonds is 3. The molecule has 1 saturated heterocycles. The number of nitrogens with zero attached hydrogens (tertiary/aromatic N) is 2. The second-order valence-electron chi connectivity index (χ2n) is 5.96. The van der Waals surface area contributed by atoms with Gasteiger partial charge in [0.05, 0.1) is 11.3 Å². The van der Waals surface area contributed by atoms with E-state index in [-0.39, 0.29) is 17.8 Å². The highest BCUT2D eigenvalue weighted by Gasteiger charge is 2.23. The maximum absolute atomic E-state index is 13.3. The van der Waals surface area contributed by atoms with Crippen molar-refractivity contribution in [3.8, 4) is 11.3 Å². The first kappa shape index (κ1) is 16.9. The molecule has 3 rings (SSSR count). The van der Waals surface area contributed by atoms with Crippen molar-refractivity contribution < 1.29 is 19.1 Å². The minimum Gasteiger partial charge on any atom is -0.465 e. The number of hydrogen-bond acceptors (Lipinski definition) is 3. The van der Waals surface area contributed by atoms with Crippen molar-refractivity contribution in [2.75, 3.05) is 13.1 Å². The van der Waals surface area contributed by atoms with E-state index in [1.54, 1.807) is 24.3 Å². The molecule has 130 valence electrons. The third-order valence-electron chi connectivity index (χ3n) is 4.25. The molecule has 6 nitrogen and oxygen atoms in total. The predicted octanol–water partition coefficient (Wildman–Crippen LogP) is 2.76. The standard InChI is InChI=1S/C18H18FN3O3/c19-14-3-1-2-12(10-14)16-5-4-13(11-20-16)17(23)21-15-6-8-22(9-7-15)18(24)25/h1-5,10-11,15H,6-9H2,(H,21,23)(H,24,25). The van der Waals surface area contributed by atoms with Crippen LogP contribution in [0.3, 0.4) is 0 Å². The van der Waals surface area contributed by atoms with Crippen molar-refractivity contribution in [1.82, 2.24) is 15.2 Å². The number of pyridine rings is 1. The number of carbonyl (C=O) groups is 2. The average molecular weight is 343 g/mol. The Labute approximate surface area is 144 Å². The summed E-state index contributed by atoms with van der Waals surface area (Å²) in [6, 6.07) is 9.38. The summed E-state index contributed by atoms with van der Waals surface area (Å²) in [7, 11) is 0. The molecule has 2 heterocycles. The predicted molar refractivity (Wildman–Crippen MR) is 89.7 cm³/mol. The number of halogens is 1. The molecule has 1 aromatic carbocycles. The number of aromatic nitrogens is 1. The molecule has 0 atom stereocenters. The van der Waals surface area contributed by atoms with Crippen molar-refractivity contribution in [2.45, 2.75) is 18.9 Å². The lowest BCUT2D eigenvalue weighted by Gasteiger charge is -2.30. The molecule has 2 N–H and O–H groups in total. The van der Waals surface area contributed by atoms with E-state index in [2.05, 4.69) is 10.3 Å². The van der Waals surface area contributed by atoms with E-state index < -0.39 is 6.09 Å². The zero-order valence-electron chi connectivity index (χ0n) is 13.5. The first-order chi connectivity index (χ1) is 12.0. The molecule has 1 aromatic heterocycles. The van der Waals surface area contributed by atoms with Gasteiger partial charge in [-0.1, -0.05) is 12.1 Å². The molecule has 0 unspecified atom stereocenters. The summed E-state index contributed by atoms with van der Waals surface area (Å²) in [6.07, 6.45) is 1.71. The molecule has 0 aliphatic carbocycles. The molecule has 1 aliphatic rings. The summed E-state index contributed by atoms with van der Waals surface area (Å²) in [6.45, 7) is 0.827. The molecule has 0 spiro atoms. The zero-order chi connectivity index (χ0) is 17.8. The third-order valence-corrected chi connectivity index (χ3v) is 4.25. The number of nitrogens with one attached hydrogen (secondary N) is 1. The highest BCUT2D eigenvalue weighted by atomic mass is 19.1. The first-order valence-electron chi connectivity index (χ1n) is 8.03. The van der Waals surface area contributed by atoms with Gasteiger partial charge in [0.1, 0.15) is 5.82 Å². The molecule has 1 aliphatic heterocycles. The van der Waals surface area contributed by atoms with E-state index in [0.717, 1.165) is 0 Å². The molecule has 0 radical (unpaired) electrons. The largest absolute Gasteiger partial charge is 0.465 e. The van der Waals surface area contributed by atoms with E-state index in [0.29, 0.717) is 42.8 Å². The van der Waals surface area contributed by atoms with Crippen molar-refractivity contribution in [1.29, 1.82) is 0 Å². The quantitative estimate of drug-likeness (QED) is 0.898. The van der Waals surface area contributed by atoms with Crippen molar-refractivity contribution in [3.05, 3.63) is 54.0 Å². The molecule has 0 saturated carbocycles. The van der Waals surface area contributed by atoms with Crippen LogP contribution in [0.2, 0.25) is 0 Å². The molecule has 2 aromatic rings. The summed E-state index contributed by atoms with van der Waals surface area (Å²) in [5.41, 5.74) is 1.65. The lowest BCUT2D eigenvalue weighted by atomic mass is 10.0. The van der Waals surface area contributed by atoms with Gasteiger partial charge in [-0.25, -0.2) is 9.18 Å². The van der Waals surface area contributed by atoms with Crippen molar-refractivity contribution in [3.63, 3.8) is 0 Å². The van der Waals surface area contributed by atoms with Crippen molar-refractivity contribution >= 4 is 12.0 Å². The highest BCUT2D eigenvalue weighted by molar-refractivity contribution is 5.94. The van der Waals surface area contributed by atoms with Gasteiger partial charge in [-0.2, -0.15) is 0 Å². The van der Waals surface area contributed by atoms with Gasteiger partial charge in [0.25, 0.3) is 5.91 Å². The summed E-state index contributed by atoms with van der Waals surface area (Å²) >= 11 is 0. The fourth-order valence-corrected chi connectivity index (χ4v) is 2.83. The topological polar surface area (TPSA) is 82.5 Å². The van der Waals surface area contributed by atoms with Crippen LogP contribution in [0.1, 0.15) is 23.2 Å². The maximum Gasteiger partial charge on any atom is 0.407 e. The second-order valence-corrected chi connectivity index (χ2v) is 5.96. The smallest absolute Gasteiger partial charge is 0.407 e. The molecule has 25 heavy (non-hydrogen) atoms. The molecule has 1 fully saturated rings. The fourth-order valence-electron chi connectivity index (χ4n) is 2.83. The number of amides is 2. The minimum atomic E-state index is -0.929. The Hall–Kier alpha value is -2.96. The van der Waals surface area contributed by atoms with E-state index in [4.69, 9.17) is 5.11 Å². The van der Waals surface area contributed by atoms with Gasteiger partial charge in [0.2, 0.25) is 0 Å². The van der Waals surface area contributed by atoms with Gasteiger partial charge in [0.15, 0.2) is 0 Å². The SMILES string of the molecule is O=C(NC1CCN(C(=O)O)CC1)c1ccc(-c2cccc(F)c2)nc1. The molecule has 0 bridgehead atoms. The Morgan fingerprint density at radius 3 is 2.56 bits per heavy atom. The van der Waals surface area contributed by atoms with Gasteiger partial charge < -0.3 is 15.3 Å². The van der Waals surface area contributed by atoms with E-state index >= 15 is 0 Å². The van der Waals surface area contributed by atoms with Crippen LogP contribution < -0.4 is 5.32 Å². The van der Waals surface area contributed by atoms with E-state index in [9.17, 15) is 14.0 Å². The minimum absolute atomic E-state index is 0.0500. The molecule has 7 heteroatoms. The van der Waals surface area contributed by atoms with Crippen LogP contribution >= 0.6 is 0 Å². The van der Waals surface area contributed by atoms with Crippen LogP contribution in [-0.4, -0.2) is 46.1 Å². The van der Waals surface area contributed by atoms with Gasteiger partial charge in [-0.3, -0.25) is 9.78 Å². The van der Waals surface area contributed by atoms with E-state index in [1.807, 2.05) is 0 Å². The number of likely N-dealkylation sites (tertiary alicyclic amines) is 1. The summed E-state index contributed by atoms with van der Waals surface area (Å²) in [4.78, 5) is 28.7. The van der Waals surface area contributed by atoms with Crippen LogP contribution in [0.5, 0.6) is 0 Å². The summed E-state index contributed by atoms with van der Waals surface area (Å²) < 4.78 is 13.3. The second kappa shape index (κ2) is 7.29. The lowest BCUT2D eigenvalue weighted by Crippen LogP contribution is -2.46. The van der Waals surface area contributed by atoms with Gasteiger partial charge in [-0.05, 0) is 37.1 Å². The van der Waals surface area contributed by atoms with Gasteiger partial charge >= 0.3 is 6.09 Å². The third kappa shape index (κ3) is 4.12. The number of carboxylic acid groups (broad SMARTS) is 1. The Bertz CT molecular complexity index is 771. The average Bonchev–Trinajstić information content (AvgIpc) is 2.62. The number of hydrogen-bond donors (Lipinski definition) is 2. The van der Waals surface area contributed by atoms with Crippen molar-refractivity contribution in [2.24, 2.45) is 0 Å². The summed E-state index contributed by atoms with van der Waals surface area (Å²) in [5, 5.41) is 11.8. The summed E-state index contributed by atoms with van der Waals surface area (Å²) in [5.74, 6) is -0.583. The molecular weight excluding hydrogens is 325 g/mol. The number of piperidine rings is 1. The number of benzene rings is 1. The van der Waals surface area contributed by atoms with E-state index in [1.165, 1.54) is 23.2 Å². The lowest BCUT2D eigenvalue weighted by molar-refractivity contribution is 0.0907. The normalized spacial score (nSPS) is 15.0. The molecule has 2 amide bonds. The van der Waals surface area contributed by atoms with Crippen LogP contribution in [0.15, 0.2) is 42.6 Å². The Kier molecular flexibility index (Phi) is 4.92. The molecular formula is C18H18FN3O3. The maximum atomic E-state index is 13.3. The monoisotopic (exact) mass is 343 g/mol. The van der Waals surface area contributed by atoms with Crippen LogP contribution in [-0.2, 0) is 0 Å². The number of carbonyl (C=O) groups excluding carboxylic acids is 1. The fraction of sp³-hybridized carbons (Fsp3) is 0.278. The first-order valence-corrected chi connectivity index (χ1v) is 8.03. The van der Waals surface area contributed by atoms with Crippen LogP contribution in [0, 0.1) is 5.82 Å². The van der Waals surface area contributed by atoms with Gasteiger partial charge in [0, 0.05) is 30.9 Å². The van der Waals surface area contributed by atoms with Crippen LogP contribution in [0.4, 0.5) is 9.18 Å². The van der Waals surface area contributed by atoms with Crippen LogP contribution in [0.25, 0.3) is 11.3 Å². The van der Waals surface area contributed by atoms with Gasteiger partial charge in [-0.15, -0.1) is 0 Å².